The maximum Gasteiger partial charge on any atom is 0.306 e. The van der Waals surface area contributed by atoms with Crippen LogP contribution in [0.4, 0.5) is 5.69 Å². The average molecular weight is 502 g/mol. The number of guanidine groups is 1. The molecule has 2 aromatic rings. The third-order valence-corrected chi connectivity index (χ3v) is 4.18. The fourth-order valence-corrected chi connectivity index (χ4v) is 2.43. The number of nitrogens with one attached hydrogen (secondary N) is 2. The van der Waals surface area contributed by atoms with Gasteiger partial charge in [0, 0.05) is 26.3 Å². The van der Waals surface area contributed by atoms with Gasteiger partial charge in [0.1, 0.15) is 17.5 Å². The molecule has 0 aromatic carbocycles. The summed E-state index contributed by atoms with van der Waals surface area (Å²) >= 11 is 12.0. The number of hydrogen-bond donors (Lipinski definition) is 2. The lowest BCUT2D eigenvalue weighted by molar-refractivity contribution is -0.385. The molecule has 2 rings (SSSR count). The first-order chi connectivity index (χ1) is 11.4. The summed E-state index contributed by atoms with van der Waals surface area (Å²) in [4.78, 5) is 14.2. The predicted octanol–water partition coefficient (Wildman–Crippen LogP) is 2.42. The fourth-order valence-electron chi connectivity index (χ4n) is 2.01. The number of nitro groups is 1. The molecule has 0 aliphatic rings. The van der Waals surface area contributed by atoms with Crippen molar-refractivity contribution in [3.63, 3.8) is 0 Å². The van der Waals surface area contributed by atoms with Crippen molar-refractivity contribution < 1.29 is 4.92 Å². The van der Waals surface area contributed by atoms with Gasteiger partial charge in [0.05, 0.1) is 23.0 Å². The molecule has 0 saturated carbocycles. The average Bonchev–Trinajstić information content (AvgIpc) is 3.12. The van der Waals surface area contributed by atoms with Crippen LogP contribution in [0, 0.1) is 10.1 Å². The van der Waals surface area contributed by atoms with E-state index in [4.69, 9.17) is 23.2 Å². The summed E-state index contributed by atoms with van der Waals surface area (Å²) in [5, 5.41) is 21.7. The van der Waals surface area contributed by atoms with Crippen molar-refractivity contribution in [1.82, 2.24) is 25.0 Å². The topological polar surface area (TPSA) is 102 Å². The Balaban J connectivity index is 0.00000312. The van der Waals surface area contributed by atoms with Crippen molar-refractivity contribution in [3.05, 3.63) is 44.4 Å². The van der Waals surface area contributed by atoms with Gasteiger partial charge in [0.2, 0.25) is 0 Å². The van der Waals surface area contributed by atoms with E-state index in [-0.39, 0.29) is 29.7 Å². The van der Waals surface area contributed by atoms with Gasteiger partial charge < -0.3 is 15.2 Å². The van der Waals surface area contributed by atoms with E-state index in [2.05, 4.69) is 20.7 Å². The van der Waals surface area contributed by atoms with Crippen LogP contribution in [0.25, 0.3) is 0 Å². The second-order valence-corrected chi connectivity index (χ2v) is 5.67. The molecule has 2 heterocycles. The van der Waals surface area contributed by atoms with Gasteiger partial charge >= 0.3 is 5.69 Å². The second-order valence-electron chi connectivity index (χ2n) is 4.90. The summed E-state index contributed by atoms with van der Waals surface area (Å²) in [6.45, 7) is 1.47. The Morgan fingerprint density at radius 3 is 2.68 bits per heavy atom. The third-order valence-electron chi connectivity index (χ3n) is 3.34. The van der Waals surface area contributed by atoms with Gasteiger partial charge in [-0.3, -0.25) is 19.8 Å². The van der Waals surface area contributed by atoms with Crippen LogP contribution in [0.15, 0.2) is 23.5 Å². The molecule has 0 aliphatic carbocycles. The lowest BCUT2D eigenvalue weighted by atomic mass is 10.4. The molecule has 9 nitrogen and oxygen atoms in total. The van der Waals surface area contributed by atoms with Gasteiger partial charge in [-0.15, -0.1) is 24.0 Å². The number of hydrogen-bond acceptors (Lipinski definition) is 4. The van der Waals surface area contributed by atoms with E-state index < -0.39 is 4.92 Å². The Morgan fingerprint density at radius 2 is 2.16 bits per heavy atom. The second kappa shape index (κ2) is 9.82. The molecule has 0 atom stereocenters. The first-order valence-electron chi connectivity index (χ1n) is 7.03. The van der Waals surface area contributed by atoms with E-state index >= 15 is 0 Å². The molecule has 12 heteroatoms. The highest BCUT2D eigenvalue weighted by Crippen LogP contribution is 2.24. The van der Waals surface area contributed by atoms with Gasteiger partial charge in [-0.05, 0) is 6.07 Å². The van der Waals surface area contributed by atoms with Crippen molar-refractivity contribution >= 4 is 58.8 Å². The van der Waals surface area contributed by atoms with Crippen molar-refractivity contribution in [1.29, 1.82) is 0 Å². The molecule has 0 aliphatic heterocycles. The van der Waals surface area contributed by atoms with E-state index in [9.17, 15) is 10.1 Å². The van der Waals surface area contributed by atoms with E-state index in [1.807, 2.05) is 7.05 Å². The maximum absolute atomic E-state index is 10.6. The number of rotatable bonds is 6. The van der Waals surface area contributed by atoms with Gasteiger partial charge in [0.15, 0.2) is 5.96 Å². The number of aliphatic imine (C=N–C) groups is 1. The van der Waals surface area contributed by atoms with Crippen molar-refractivity contribution in [3.8, 4) is 0 Å². The molecule has 0 amide bonds. The van der Waals surface area contributed by atoms with Gasteiger partial charge in [-0.25, -0.2) is 0 Å². The van der Waals surface area contributed by atoms with E-state index in [0.717, 1.165) is 5.69 Å². The molecule has 0 radical (unpaired) electrons. The van der Waals surface area contributed by atoms with Gasteiger partial charge in [-0.1, -0.05) is 23.2 Å². The van der Waals surface area contributed by atoms with Crippen LogP contribution in [-0.4, -0.2) is 38.8 Å². The SMILES string of the molecule is CN=C(NCCn1cc([N+](=O)[O-])cn1)NCc1cc(Cl)c(Cl)n1C.I. The predicted molar refractivity (Wildman–Crippen MR) is 108 cm³/mol. The Bertz CT molecular complexity index is 760. The first kappa shape index (κ1) is 21.5. The zero-order valence-electron chi connectivity index (χ0n) is 13.6. The number of halogens is 3. The summed E-state index contributed by atoms with van der Waals surface area (Å²) in [6.07, 6.45) is 2.60. The van der Waals surface area contributed by atoms with Crippen molar-refractivity contribution in [2.24, 2.45) is 12.0 Å². The molecule has 0 bridgehead atoms. The summed E-state index contributed by atoms with van der Waals surface area (Å²) in [6, 6.07) is 1.78. The molecule has 0 spiro atoms. The first-order valence-corrected chi connectivity index (χ1v) is 7.79. The molecule has 2 aromatic heterocycles. The minimum atomic E-state index is -0.479. The normalized spacial score (nSPS) is 11.1. The minimum Gasteiger partial charge on any atom is -0.355 e. The number of nitrogens with zero attached hydrogens (tertiary/aromatic N) is 5. The molecule has 25 heavy (non-hydrogen) atoms. The smallest absolute Gasteiger partial charge is 0.306 e. The van der Waals surface area contributed by atoms with Crippen molar-refractivity contribution in [2.75, 3.05) is 13.6 Å². The quantitative estimate of drug-likeness (QED) is 0.208. The molecular formula is C13H18Cl2IN7O2. The van der Waals surface area contributed by atoms with Crippen LogP contribution in [0.5, 0.6) is 0 Å². The van der Waals surface area contributed by atoms with E-state index in [0.29, 0.717) is 35.8 Å². The molecule has 138 valence electrons. The third kappa shape index (κ3) is 5.75. The zero-order valence-corrected chi connectivity index (χ0v) is 17.4. The van der Waals surface area contributed by atoms with Crippen LogP contribution in [0.1, 0.15) is 5.69 Å². The zero-order chi connectivity index (χ0) is 17.7. The molecule has 0 saturated heterocycles. The fraction of sp³-hybridized carbons (Fsp3) is 0.385. The highest BCUT2D eigenvalue weighted by molar-refractivity contribution is 14.0. The minimum absolute atomic E-state index is 0. The van der Waals surface area contributed by atoms with Crippen LogP contribution in [0.3, 0.4) is 0 Å². The van der Waals surface area contributed by atoms with E-state index in [1.165, 1.54) is 17.1 Å². The van der Waals surface area contributed by atoms with Crippen LogP contribution >= 0.6 is 47.2 Å². The van der Waals surface area contributed by atoms with Gasteiger partial charge in [0.25, 0.3) is 0 Å². The molecule has 0 fully saturated rings. The molecule has 2 N–H and O–H groups in total. The summed E-state index contributed by atoms with van der Waals surface area (Å²) in [5.41, 5.74) is 0.880. The Morgan fingerprint density at radius 1 is 1.44 bits per heavy atom. The Kier molecular flexibility index (Phi) is 8.45. The van der Waals surface area contributed by atoms with E-state index in [1.54, 1.807) is 17.7 Å². The largest absolute Gasteiger partial charge is 0.355 e. The van der Waals surface area contributed by atoms with Gasteiger partial charge in [-0.2, -0.15) is 5.10 Å². The van der Waals surface area contributed by atoms with Crippen molar-refractivity contribution in [2.45, 2.75) is 13.1 Å². The molecular weight excluding hydrogens is 484 g/mol. The standard InChI is InChI=1S/C13H17Cl2N7O2.HI/c1-16-13(18-6-9-5-11(14)12(15)20(9)2)17-3-4-21-8-10(7-19-21)22(23)24;/h5,7-8H,3-4,6H2,1-2H3,(H2,16,17,18);1H. The summed E-state index contributed by atoms with van der Waals surface area (Å²) in [7, 11) is 3.48. The lowest BCUT2D eigenvalue weighted by Gasteiger charge is -2.12. The number of aromatic nitrogens is 3. The Hall–Kier alpha value is -1.53. The summed E-state index contributed by atoms with van der Waals surface area (Å²) in [5.74, 6) is 0.588. The summed E-state index contributed by atoms with van der Waals surface area (Å²) < 4.78 is 3.28. The highest BCUT2D eigenvalue weighted by Gasteiger charge is 2.10. The van der Waals surface area contributed by atoms with Crippen LogP contribution in [-0.2, 0) is 20.1 Å². The van der Waals surface area contributed by atoms with Crippen LogP contribution in [0.2, 0.25) is 10.2 Å². The molecule has 0 unspecified atom stereocenters. The monoisotopic (exact) mass is 501 g/mol. The highest BCUT2D eigenvalue weighted by atomic mass is 127. The van der Waals surface area contributed by atoms with Crippen LogP contribution < -0.4 is 10.6 Å². The Labute approximate surface area is 171 Å². The lowest BCUT2D eigenvalue weighted by Crippen LogP contribution is -2.38. The maximum atomic E-state index is 10.6.